The van der Waals surface area contributed by atoms with Gasteiger partial charge in [-0.25, -0.2) is 0 Å². The summed E-state index contributed by atoms with van der Waals surface area (Å²) >= 11 is 0. The summed E-state index contributed by atoms with van der Waals surface area (Å²) in [7, 11) is 0. The molecule has 4 aliphatic carbocycles. The summed E-state index contributed by atoms with van der Waals surface area (Å²) in [4.78, 5) is 10.8. The van der Waals surface area contributed by atoms with Gasteiger partial charge in [0.15, 0.2) is 0 Å². The molecule has 13 heavy (non-hydrogen) atoms. The van der Waals surface area contributed by atoms with Gasteiger partial charge < -0.3 is 5.11 Å². The first-order chi connectivity index (χ1) is 6.00. The Balaban J connectivity index is 1.96. The van der Waals surface area contributed by atoms with Crippen molar-refractivity contribution in [3.05, 3.63) is 0 Å². The number of rotatable bonds is 2. The maximum Gasteiger partial charge on any atom is 0.303 e. The van der Waals surface area contributed by atoms with Crippen LogP contribution in [-0.2, 0) is 4.79 Å². The first-order valence-electron chi connectivity index (χ1n) is 5.22. The number of aliphatic carboxylic acids is 1. The highest BCUT2D eigenvalue weighted by Gasteiger charge is 2.81. The minimum atomic E-state index is -0.609. The smallest absolute Gasteiger partial charge is 0.303 e. The van der Waals surface area contributed by atoms with E-state index in [1.165, 1.54) is 12.8 Å². The van der Waals surface area contributed by atoms with E-state index in [1.807, 2.05) is 0 Å². The summed E-state index contributed by atoms with van der Waals surface area (Å²) in [6.07, 6.45) is 3.01. The van der Waals surface area contributed by atoms with Crippen molar-refractivity contribution >= 4 is 5.97 Å². The molecule has 0 heterocycles. The van der Waals surface area contributed by atoms with Crippen molar-refractivity contribution in [2.24, 2.45) is 28.6 Å². The van der Waals surface area contributed by atoms with Gasteiger partial charge in [0, 0.05) is 0 Å². The molecule has 0 amide bonds. The second-order valence-electron chi connectivity index (χ2n) is 5.65. The van der Waals surface area contributed by atoms with Crippen molar-refractivity contribution in [3.8, 4) is 0 Å². The SMILES string of the molecule is CC12C3CC(C[C@H]31)[C@@]2(C)CC(=O)O. The molecule has 0 spiro atoms. The Hall–Kier alpha value is -0.530. The zero-order chi connectivity index (χ0) is 9.43. The van der Waals surface area contributed by atoms with Gasteiger partial charge in [0.2, 0.25) is 0 Å². The van der Waals surface area contributed by atoms with E-state index in [4.69, 9.17) is 5.11 Å². The molecule has 0 radical (unpaired) electrons. The third kappa shape index (κ3) is 0.598. The zero-order valence-corrected chi connectivity index (χ0v) is 8.21. The summed E-state index contributed by atoms with van der Waals surface area (Å²) in [5.74, 6) is 1.86. The van der Waals surface area contributed by atoms with E-state index in [-0.39, 0.29) is 5.41 Å². The first-order valence-corrected chi connectivity index (χ1v) is 5.22. The lowest BCUT2D eigenvalue weighted by atomic mass is 9.72. The normalized spacial score (nSPS) is 61.2. The molecule has 1 N–H and O–H groups in total. The van der Waals surface area contributed by atoms with Crippen LogP contribution in [-0.4, -0.2) is 11.1 Å². The fourth-order valence-electron chi connectivity index (χ4n) is 4.68. The predicted octanol–water partition coefficient (Wildman–Crippen LogP) is 2.14. The van der Waals surface area contributed by atoms with Crippen LogP contribution in [0.5, 0.6) is 0 Å². The molecule has 4 rings (SSSR count). The fourth-order valence-corrected chi connectivity index (χ4v) is 4.68. The maximum atomic E-state index is 10.8. The van der Waals surface area contributed by atoms with Crippen LogP contribution in [0.3, 0.4) is 0 Å². The summed E-state index contributed by atoms with van der Waals surface area (Å²) in [5.41, 5.74) is 0.518. The molecular weight excluding hydrogens is 164 g/mol. The van der Waals surface area contributed by atoms with Gasteiger partial charge in [0.25, 0.3) is 0 Å². The second kappa shape index (κ2) is 1.79. The summed E-state index contributed by atoms with van der Waals surface area (Å²) < 4.78 is 0. The van der Waals surface area contributed by atoms with Crippen molar-refractivity contribution in [1.82, 2.24) is 0 Å². The molecule has 4 aliphatic rings. The van der Waals surface area contributed by atoms with Crippen LogP contribution in [0.15, 0.2) is 0 Å². The quantitative estimate of drug-likeness (QED) is 0.707. The Kier molecular flexibility index (Phi) is 1.08. The van der Waals surface area contributed by atoms with Gasteiger partial charge >= 0.3 is 5.97 Å². The van der Waals surface area contributed by atoms with E-state index in [2.05, 4.69) is 13.8 Å². The number of hydrogen-bond donors (Lipinski definition) is 1. The molecule has 0 aromatic carbocycles. The van der Waals surface area contributed by atoms with E-state index >= 15 is 0 Å². The Morgan fingerprint density at radius 3 is 2.23 bits per heavy atom. The average Bonchev–Trinajstić information content (AvgIpc) is 2.41. The van der Waals surface area contributed by atoms with Crippen molar-refractivity contribution in [3.63, 3.8) is 0 Å². The van der Waals surface area contributed by atoms with Gasteiger partial charge in [-0.3, -0.25) is 4.79 Å². The monoisotopic (exact) mass is 180 g/mol. The van der Waals surface area contributed by atoms with Crippen LogP contribution in [0, 0.1) is 28.6 Å². The molecule has 2 nitrogen and oxygen atoms in total. The maximum absolute atomic E-state index is 10.8. The van der Waals surface area contributed by atoms with E-state index < -0.39 is 5.97 Å². The van der Waals surface area contributed by atoms with E-state index in [9.17, 15) is 4.79 Å². The summed E-state index contributed by atoms with van der Waals surface area (Å²) in [6, 6.07) is 0. The standard InChI is InChI=1S/C11H16O2/c1-10(5-9(12)13)6-3-7-8(4-6)11(7,10)2/h6-8H,3-5H2,1-2H3,(H,12,13)/t6?,7-,8?,10-,11?/m1/s1. The third-order valence-electron chi connectivity index (χ3n) is 5.64. The van der Waals surface area contributed by atoms with E-state index in [0.717, 1.165) is 11.8 Å². The van der Waals surface area contributed by atoms with Gasteiger partial charge in [-0.15, -0.1) is 0 Å². The zero-order valence-electron chi connectivity index (χ0n) is 8.21. The van der Waals surface area contributed by atoms with Crippen molar-refractivity contribution < 1.29 is 9.90 Å². The molecule has 4 saturated carbocycles. The Labute approximate surface area is 78.3 Å². The molecule has 0 saturated heterocycles. The Bertz CT molecular complexity index is 284. The molecule has 72 valence electrons. The molecule has 0 aliphatic heterocycles. The van der Waals surface area contributed by atoms with E-state index in [1.54, 1.807) is 0 Å². The number of carboxylic acid groups (broad SMARTS) is 1. The fraction of sp³-hybridized carbons (Fsp3) is 0.909. The highest BCUT2D eigenvalue weighted by atomic mass is 16.4. The molecule has 2 heteroatoms. The minimum Gasteiger partial charge on any atom is -0.481 e. The molecular formula is C11H16O2. The van der Waals surface area contributed by atoms with Gasteiger partial charge in [0.1, 0.15) is 0 Å². The molecule has 0 aromatic heterocycles. The summed E-state index contributed by atoms with van der Waals surface area (Å²) in [6.45, 7) is 4.52. The molecule has 5 atom stereocenters. The topological polar surface area (TPSA) is 37.3 Å². The average molecular weight is 180 g/mol. The van der Waals surface area contributed by atoms with Crippen LogP contribution in [0.25, 0.3) is 0 Å². The van der Waals surface area contributed by atoms with Gasteiger partial charge in [-0.05, 0) is 41.4 Å². The number of hydrogen-bond acceptors (Lipinski definition) is 1. The number of carbonyl (C=O) groups is 1. The van der Waals surface area contributed by atoms with Crippen LogP contribution < -0.4 is 0 Å². The van der Waals surface area contributed by atoms with Crippen LogP contribution in [0.4, 0.5) is 0 Å². The van der Waals surface area contributed by atoms with Crippen LogP contribution in [0.2, 0.25) is 0 Å². The highest BCUT2D eigenvalue weighted by Crippen LogP contribution is 2.86. The van der Waals surface area contributed by atoms with Crippen molar-refractivity contribution in [2.75, 3.05) is 0 Å². The first kappa shape index (κ1) is 7.84. The lowest BCUT2D eigenvalue weighted by molar-refractivity contribution is -0.140. The molecule has 4 bridgehead atoms. The third-order valence-corrected chi connectivity index (χ3v) is 5.64. The summed E-state index contributed by atoms with van der Waals surface area (Å²) in [5, 5.41) is 8.93. The number of carboxylic acids is 1. The van der Waals surface area contributed by atoms with Gasteiger partial charge in [0.05, 0.1) is 6.42 Å². The predicted molar refractivity (Wildman–Crippen MR) is 48.2 cm³/mol. The van der Waals surface area contributed by atoms with Gasteiger partial charge in [-0.2, -0.15) is 0 Å². The Morgan fingerprint density at radius 2 is 1.92 bits per heavy atom. The van der Waals surface area contributed by atoms with Gasteiger partial charge in [-0.1, -0.05) is 13.8 Å². The highest BCUT2D eigenvalue weighted by molar-refractivity contribution is 5.68. The lowest BCUT2D eigenvalue weighted by Crippen LogP contribution is -2.30. The second-order valence-corrected chi connectivity index (χ2v) is 5.65. The molecule has 3 unspecified atom stereocenters. The van der Waals surface area contributed by atoms with Crippen molar-refractivity contribution in [2.45, 2.75) is 33.1 Å². The molecule has 0 aromatic rings. The van der Waals surface area contributed by atoms with Crippen LogP contribution in [0.1, 0.15) is 33.1 Å². The molecule has 4 fully saturated rings. The van der Waals surface area contributed by atoms with E-state index in [0.29, 0.717) is 17.8 Å². The largest absolute Gasteiger partial charge is 0.481 e. The lowest BCUT2D eigenvalue weighted by Gasteiger charge is -2.32. The minimum absolute atomic E-state index is 0.119. The van der Waals surface area contributed by atoms with Crippen LogP contribution >= 0.6 is 0 Å². The Morgan fingerprint density at radius 1 is 1.38 bits per heavy atom. The van der Waals surface area contributed by atoms with Crippen molar-refractivity contribution in [1.29, 1.82) is 0 Å².